The molecule has 0 amide bonds. The van der Waals surface area contributed by atoms with Crippen LogP contribution in [0.25, 0.3) is 0 Å². The van der Waals surface area contributed by atoms with Gasteiger partial charge in [-0.3, -0.25) is 0 Å². The average Bonchev–Trinajstić information content (AvgIpc) is 2.75. The molecule has 1 unspecified atom stereocenters. The van der Waals surface area contributed by atoms with Gasteiger partial charge in [0.2, 0.25) is 0 Å². The average molecular weight is 261 g/mol. The molecule has 16 heavy (non-hydrogen) atoms. The zero-order valence-electron chi connectivity index (χ0n) is 7.95. The van der Waals surface area contributed by atoms with Crippen LogP contribution in [0.1, 0.15) is 17.2 Å². The second kappa shape index (κ2) is 4.49. The molecule has 2 aromatic rings. The van der Waals surface area contributed by atoms with Crippen molar-refractivity contribution in [2.24, 2.45) is 0 Å². The van der Waals surface area contributed by atoms with Crippen LogP contribution in [0.3, 0.4) is 0 Å². The Hall–Kier alpha value is -0.970. The molecular formula is C11H7ClF2OS. The van der Waals surface area contributed by atoms with Crippen LogP contribution in [0.4, 0.5) is 8.78 Å². The summed E-state index contributed by atoms with van der Waals surface area (Å²) in [5, 5.41) is 13.0. The molecule has 1 atom stereocenters. The Morgan fingerprint density at radius 1 is 1.25 bits per heavy atom. The van der Waals surface area contributed by atoms with Crippen molar-refractivity contribution in [2.45, 2.75) is 6.10 Å². The molecule has 0 saturated heterocycles. The van der Waals surface area contributed by atoms with E-state index in [2.05, 4.69) is 0 Å². The Labute approximate surface area is 99.9 Å². The second-order valence-electron chi connectivity index (χ2n) is 3.25. The highest BCUT2D eigenvalue weighted by Gasteiger charge is 2.17. The molecule has 84 valence electrons. The second-order valence-corrected chi connectivity index (χ2v) is 4.43. The molecular weight excluding hydrogens is 254 g/mol. The van der Waals surface area contributed by atoms with Crippen LogP contribution in [0, 0.1) is 11.6 Å². The molecule has 0 saturated carbocycles. The number of aliphatic hydroxyl groups excluding tert-OH is 1. The Bertz CT molecular complexity index is 499. The highest BCUT2D eigenvalue weighted by molar-refractivity contribution is 7.07. The fraction of sp³-hybridized carbons (Fsp3) is 0.0909. The monoisotopic (exact) mass is 260 g/mol. The van der Waals surface area contributed by atoms with Gasteiger partial charge in [-0.15, -0.1) is 0 Å². The maximum atomic E-state index is 13.5. The molecule has 0 spiro atoms. The summed E-state index contributed by atoms with van der Waals surface area (Å²) >= 11 is 6.79. The van der Waals surface area contributed by atoms with Crippen LogP contribution in [-0.4, -0.2) is 5.11 Å². The maximum absolute atomic E-state index is 13.5. The number of hydrogen-bond donors (Lipinski definition) is 1. The molecule has 0 fully saturated rings. The molecule has 1 heterocycles. The molecule has 1 N–H and O–H groups in total. The van der Waals surface area contributed by atoms with E-state index in [1.54, 1.807) is 16.8 Å². The minimum absolute atomic E-state index is 0.111. The first-order valence-electron chi connectivity index (χ1n) is 4.44. The van der Waals surface area contributed by atoms with Crippen molar-refractivity contribution in [3.05, 3.63) is 56.7 Å². The van der Waals surface area contributed by atoms with Crippen LogP contribution < -0.4 is 0 Å². The molecule has 0 aliphatic rings. The van der Waals surface area contributed by atoms with E-state index in [0.717, 1.165) is 12.1 Å². The van der Waals surface area contributed by atoms with E-state index in [9.17, 15) is 13.9 Å². The van der Waals surface area contributed by atoms with Crippen LogP contribution in [0.5, 0.6) is 0 Å². The Kier molecular flexibility index (Phi) is 3.23. The van der Waals surface area contributed by atoms with Crippen molar-refractivity contribution < 1.29 is 13.9 Å². The van der Waals surface area contributed by atoms with Crippen molar-refractivity contribution in [2.75, 3.05) is 0 Å². The number of hydrogen-bond acceptors (Lipinski definition) is 2. The van der Waals surface area contributed by atoms with E-state index in [-0.39, 0.29) is 10.6 Å². The lowest BCUT2D eigenvalue weighted by atomic mass is 10.0. The molecule has 0 bridgehead atoms. The SMILES string of the molecule is OC(c1ccsc1)c1cc(F)c(Cl)cc1F. The first-order chi connectivity index (χ1) is 7.59. The third kappa shape index (κ3) is 2.09. The van der Waals surface area contributed by atoms with Crippen LogP contribution in [-0.2, 0) is 0 Å². The number of benzene rings is 1. The first kappa shape index (κ1) is 11.5. The minimum Gasteiger partial charge on any atom is -0.384 e. The zero-order chi connectivity index (χ0) is 11.7. The lowest BCUT2D eigenvalue weighted by Gasteiger charge is -2.11. The standard InChI is InChI=1S/C11H7ClF2OS/c12-8-4-9(13)7(3-10(8)14)11(15)6-1-2-16-5-6/h1-5,11,15H. The van der Waals surface area contributed by atoms with Gasteiger partial charge >= 0.3 is 0 Å². The molecule has 1 aromatic carbocycles. The van der Waals surface area contributed by atoms with Crippen LogP contribution >= 0.6 is 22.9 Å². The zero-order valence-corrected chi connectivity index (χ0v) is 9.53. The van der Waals surface area contributed by atoms with Gasteiger partial charge in [0.1, 0.15) is 17.7 Å². The third-order valence-electron chi connectivity index (χ3n) is 2.19. The van der Waals surface area contributed by atoms with E-state index in [1.165, 1.54) is 11.3 Å². The summed E-state index contributed by atoms with van der Waals surface area (Å²) in [6.07, 6.45) is -1.17. The van der Waals surface area contributed by atoms with Gasteiger partial charge in [-0.25, -0.2) is 8.78 Å². The topological polar surface area (TPSA) is 20.2 Å². The highest BCUT2D eigenvalue weighted by atomic mass is 35.5. The number of rotatable bonds is 2. The third-order valence-corrected chi connectivity index (χ3v) is 3.18. The van der Waals surface area contributed by atoms with Gasteiger partial charge in [0, 0.05) is 5.56 Å². The van der Waals surface area contributed by atoms with E-state index in [0.29, 0.717) is 5.56 Å². The fourth-order valence-electron chi connectivity index (χ4n) is 1.36. The Morgan fingerprint density at radius 2 is 2.00 bits per heavy atom. The van der Waals surface area contributed by atoms with Crippen LogP contribution in [0.2, 0.25) is 5.02 Å². The molecule has 0 aliphatic heterocycles. The Balaban J connectivity index is 2.44. The molecule has 2 rings (SSSR count). The quantitative estimate of drug-likeness (QED) is 0.815. The maximum Gasteiger partial charge on any atom is 0.142 e. The highest BCUT2D eigenvalue weighted by Crippen LogP contribution is 2.29. The number of aliphatic hydroxyl groups is 1. The first-order valence-corrected chi connectivity index (χ1v) is 5.76. The van der Waals surface area contributed by atoms with Crippen molar-refractivity contribution in [1.82, 2.24) is 0 Å². The summed E-state index contributed by atoms with van der Waals surface area (Å²) in [5.41, 5.74) is 0.422. The predicted octanol–water partition coefficient (Wildman–Crippen LogP) is 3.76. The van der Waals surface area contributed by atoms with Crippen molar-refractivity contribution in [3.63, 3.8) is 0 Å². The van der Waals surface area contributed by atoms with Gasteiger partial charge in [-0.1, -0.05) is 11.6 Å². The molecule has 0 radical (unpaired) electrons. The van der Waals surface area contributed by atoms with E-state index in [1.807, 2.05) is 0 Å². The van der Waals surface area contributed by atoms with Gasteiger partial charge in [0.15, 0.2) is 0 Å². The summed E-state index contributed by atoms with van der Waals surface area (Å²) in [5.74, 6) is -1.46. The van der Waals surface area contributed by atoms with Crippen molar-refractivity contribution >= 4 is 22.9 Å². The smallest absolute Gasteiger partial charge is 0.142 e. The summed E-state index contributed by atoms with van der Waals surface area (Å²) < 4.78 is 26.6. The van der Waals surface area contributed by atoms with Crippen molar-refractivity contribution in [1.29, 1.82) is 0 Å². The summed E-state index contributed by atoms with van der Waals surface area (Å²) in [7, 11) is 0. The van der Waals surface area contributed by atoms with Gasteiger partial charge in [0.05, 0.1) is 5.02 Å². The van der Waals surface area contributed by atoms with Gasteiger partial charge in [0.25, 0.3) is 0 Å². The summed E-state index contributed by atoms with van der Waals surface area (Å²) in [6, 6.07) is 3.43. The number of thiophene rings is 1. The lowest BCUT2D eigenvalue weighted by Crippen LogP contribution is -2.02. The largest absolute Gasteiger partial charge is 0.384 e. The van der Waals surface area contributed by atoms with Gasteiger partial charge in [-0.05, 0) is 34.5 Å². The Morgan fingerprint density at radius 3 is 2.62 bits per heavy atom. The minimum atomic E-state index is -1.17. The summed E-state index contributed by atoms with van der Waals surface area (Å²) in [6.45, 7) is 0. The molecule has 5 heteroatoms. The van der Waals surface area contributed by atoms with Crippen molar-refractivity contribution in [3.8, 4) is 0 Å². The van der Waals surface area contributed by atoms with E-state index in [4.69, 9.17) is 11.6 Å². The summed E-state index contributed by atoms with van der Waals surface area (Å²) in [4.78, 5) is 0. The normalized spacial score (nSPS) is 12.8. The molecule has 1 nitrogen and oxygen atoms in total. The fourth-order valence-corrected chi connectivity index (χ4v) is 2.19. The molecule has 0 aliphatic carbocycles. The number of halogens is 3. The lowest BCUT2D eigenvalue weighted by molar-refractivity contribution is 0.215. The van der Waals surface area contributed by atoms with Gasteiger partial charge < -0.3 is 5.11 Å². The molecule has 1 aromatic heterocycles. The van der Waals surface area contributed by atoms with E-state index < -0.39 is 17.7 Å². The van der Waals surface area contributed by atoms with Gasteiger partial charge in [-0.2, -0.15) is 11.3 Å². The van der Waals surface area contributed by atoms with Crippen LogP contribution in [0.15, 0.2) is 29.0 Å². The predicted molar refractivity (Wildman–Crippen MR) is 59.7 cm³/mol. The van der Waals surface area contributed by atoms with E-state index >= 15 is 0 Å².